The first-order valence-corrected chi connectivity index (χ1v) is 8.02. The smallest absolute Gasteiger partial charge is 0.430 e. The van der Waals surface area contributed by atoms with Crippen LogP contribution in [0.2, 0.25) is 0 Å². The molecule has 23 heavy (non-hydrogen) atoms. The van der Waals surface area contributed by atoms with E-state index in [-0.39, 0.29) is 16.0 Å². The van der Waals surface area contributed by atoms with Gasteiger partial charge in [-0.15, -0.1) is 0 Å². The van der Waals surface area contributed by atoms with E-state index in [1.807, 2.05) is 6.92 Å². The molecule has 0 radical (unpaired) electrons. The van der Waals surface area contributed by atoms with Crippen LogP contribution < -0.4 is 9.80 Å². The highest BCUT2D eigenvalue weighted by atomic mass is 16.4. The van der Waals surface area contributed by atoms with Gasteiger partial charge in [0.15, 0.2) is 0 Å². The van der Waals surface area contributed by atoms with Crippen molar-refractivity contribution in [2.45, 2.75) is 46.0 Å². The summed E-state index contributed by atoms with van der Waals surface area (Å²) >= 11 is 0. The number of hydrogen-bond acceptors (Lipinski definition) is 4. The van der Waals surface area contributed by atoms with Crippen molar-refractivity contribution < 1.29 is 19.5 Å². The van der Waals surface area contributed by atoms with Crippen molar-refractivity contribution in [3.8, 4) is 0 Å². The topological polar surface area (TPSA) is 101 Å². The van der Waals surface area contributed by atoms with Gasteiger partial charge in [0.05, 0.1) is 13.1 Å². The Hall–Kier alpha value is -2.22. The summed E-state index contributed by atoms with van der Waals surface area (Å²) in [6.45, 7) is 5.10. The predicted molar refractivity (Wildman–Crippen MR) is 84.5 cm³/mol. The Morgan fingerprint density at radius 3 is 2.48 bits per heavy atom. The van der Waals surface area contributed by atoms with Crippen molar-refractivity contribution in [1.82, 2.24) is 19.4 Å². The highest BCUT2D eigenvalue weighted by Crippen LogP contribution is 2.31. The minimum absolute atomic E-state index is 0.0512. The lowest BCUT2D eigenvalue weighted by atomic mass is 10.1. The van der Waals surface area contributed by atoms with Gasteiger partial charge < -0.3 is 5.11 Å². The molecule has 0 spiro atoms. The first-order valence-electron chi connectivity index (χ1n) is 8.02. The number of imide groups is 1. The Kier molecular flexibility index (Phi) is 5.15. The maximum Gasteiger partial charge on any atom is 0.430 e. The van der Waals surface area contributed by atoms with E-state index >= 15 is 0 Å². The summed E-state index contributed by atoms with van der Waals surface area (Å²) in [6.07, 6.45) is 4.26. The first-order chi connectivity index (χ1) is 11.0. The molecule has 1 aliphatic heterocycles. The van der Waals surface area contributed by atoms with E-state index in [1.54, 1.807) is 0 Å². The molecule has 3 amide bonds. The van der Waals surface area contributed by atoms with Gasteiger partial charge in [-0.25, -0.2) is 19.5 Å². The molecule has 2 heterocycles. The zero-order valence-corrected chi connectivity index (χ0v) is 13.5. The lowest BCUT2D eigenvalue weighted by molar-refractivity contribution is 0.0920. The minimum atomic E-state index is -1.29. The molecule has 8 nitrogen and oxygen atoms in total. The summed E-state index contributed by atoms with van der Waals surface area (Å²) in [5.41, 5.74) is -0.0512. The second kappa shape index (κ2) is 6.91. The Balaban J connectivity index is 2.51. The van der Waals surface area contributed by atoms with Crippen LogP contribution in [0.5, 0.6) is 0 Å². The third-order valence-electron chi connectivity index (χ3n) is 4.22. The summed E-state index contributed by atoms with van der Waals surface area (Å²) in [7, 11) is 0. The number of aromatic nitrogens is 2. The standard InChI is InChI=1S/C15H22N4O4/c1-3-5-7-9-19(8-6-4-2)12-11(13(20)17-14(19)21)18(10-16-12)15(22)23/h10H,3-9H2,1-2H3,(H-,17,20,21,22,23)/p+1. The van der Waals surface area contributed by atoms with Crippen LogP contribution in [-0.2, 0) is 0 Å². The molecule has 0 saturated heterocycles. The molecule has 0 fully saturated rings. The number of quaternary nitrogens is 1. The summed E-state index contributed by atoms with van der Waals surface area (Å²) in [5.74, 6) is -0.448. The molecule has 1 aromatic rings. The van der Waals surface area contributed by atoms with Gasteiger partial charge in [-0.1, -0.05) is 26.7 Å². The first kappa shape index (κ1) is 17.1. The number of rotatable bonds is 7. The Morgan fingerprint density at radius 2 is 1.87 bits per heavy atom. The van der Waals surface area contributed by atoms with Gasteiger partial charge in [0, 0.05) is 0 Å². The molecule has 126 valence electrons. The molecular formula is C15H23N4O4+. The zero-order valence-electron chi connectivity index (χ0n) is 13.5. The number of nitrogens with one attached hydrogen (secondary N) is 1. The number of fused-ring (bicyclic) bond motifs is 1. The number of carboxylic acid groups (broad SMARTS) is 1. The van der Waals surface area contributed by atoms with Crippen LogP contribution >= 0.6 is 0 Å². The van der Waals surface area contributed by atoms with Crippen LogP contribution in [0.3, 0.4) is 0 Å². The van der Waals surface area contributed by atoms with Crippen LogP contribution in [0.15, 0.2) is 6.33 Å². The monoisotopic (exact) mass is 323 g/mol. The van der Waals surface area contributed by atoms with Gasteiger partial charge in [0.2, 0.25) is 5.69 Å². The quantitative estimate of drug-likeness (QED) is 0.593. The highest BCUT2D eigenvalue weighted by molar-refractivity contribution is 6.14. The van der Waals surface area contributed by atoms with Crippen molar-refractivity contribution >= 4 is 23.8 Å². The van der Waals surface area contributed by atoms with Crippen LogP contribution in [-0.4, -0.2) is 45.8 Å². The summed E-state index contributed by atoms with van der Waals surface area (Å²) in [4.78, 5) is 40.2. The van der Waals surface area contributed by atoms with Crippen molar-refractivity contribution in [2.24, 2.45) is 0 Å². The number of urea groups is 1. The largest absolute Gasteiger partial charge is 0.464 e. The average molecular weight is 323 g/mol. The number of hydrogen-bond donors (Lipinski definition) is 2. The fourth-order valence-electron chi connectivity index (χ4n) is 2.95. The Morgan fingerprint density at radius 1 is 1.22 bits per heavy atom. The molecule has 1 aliphatic rings. The van der Waals surface area contributed by atoms with E-state index in [0.29, 0.717) is 13.1 Å². The number of nitrogens with zero attached hydrogens (tertiary/aromatic N) is 3. The third-order valence-corrected chi connectivity index (χ3v) is 4.22. The molecule has 0 saturated carbocycles. The molecule has 2 N–H and O–H groups in total. The normalized spacial score (nSPS) is 20.3. The lowest BCUT2D eigenvalue weighted by Crippen LogP contribution is -2.64. The van der Waals surface area contributed by atoms with Gasteiger partial charge in [0.1, 0.15) is 6.33 Å². The number of imidazole rings is 1. The second-order valence-corrected chi connectivity index (χ2v) is 5.80. The van der Waals surface area contributed by atoms with E-state index in [9.17, 15) is 19.5 Å². The molecule has 0 bridgehead atoms. The van der Waals surface area contributed by atoms with Crippen molar-refractivity contribution in [3.05, 3.63) is 12.0 Å². The molecule has 0 aliphatic carbocycles. The Bertz CT molecular complexity index is 625. The number of carbonyl (C=O) groups excluding carboxylic acids is 2. The van der Waals surface area contributed by atoms with E-state index in [0.717, 1.165) is 43.0 Å². The molecule has 1 unspecified atom stereocenters. The lowest BCUT2D eigenvalue weighted by Gasteiger charge is -2.36. The fourth-order valence-corrected chi connectivity index (χ4v) is 2.95. The second-order valence-electron chi connectivity index (χ2n) is 5.80. The maximum absolute atomic E-state index is 12.6. The number of carbonyl (C=O) groups is 3. The van der Waals surface area contributed by atoms with Crippen molar-refractivity contribution in [1.29, 1.82) is 0 Å². The zero-order chi connectivity index (χ0) is 17.0. The van der Waals surface area contributed by atoms with Crippen molar-refractivity contribution in [3.63, 3.8) is 0 Å². The predicted octanol–water partition coefficient (Wildman–Crippen LogP) is 2.57. The van der Waals surface area contributed by atoms with Gasteiger partial charge >= 0.3 is 12.1 Å². The van der Waals surface area contributed by atoms with E-state index in [2.05, 4.69) is 17.2 Å². The van der Waals surface area contributed by atoms with Gasteiger partial charge in [-0.05, 0) is 19.3 Å². The average Bonchev–Trinajstić information content (AvgIpc) is 2.96. The third kappa shape index (κ3) is 2.98. The summed E-state index contributed by atoms with van der Waals surface area (Å²) in [5, 5.41) is 11.5. The molecule has 2 rings (SSSR count). The molecule has 1 aromatic heterocycles. The van der Waals surface area contributed by atoms with Crippen LogP contribution in [0.4, 0.5) is 15.4 Å². The summed E-state index contributed by atoms with van der Waals surface area (Å²) in [6, 6.07) is -0.414. The van der Waals surface area contributed by atoms with Crippen LogP contribution in [0.1, 0.15) is 56.4 Å². The maximum atomic E-state index is 12.6. The molecule has 0 aromatic carbocycles. The van der Waals surface area contributed by atoms with E-state index in [1.165, 1.54) is 0 Å². The minimum Gasteiger partial charge on any atom is -0.464 e. The van der Waals surface area contributed by atoms with E-state index in [4.69, 9.17) is 0 Å². The van der Waals surface area contributed by atoms with Gasteiger partial charge in [-0.3, -0.25) is 4.79 Å². The van der Waals surface area contributed by atoms with Crippen LogP contribution in [0.25, 0.3) is 0 Å². The van der Waals surface area contributed by atoms with Crippen molar-refractivity contribution in [2.75, 3.05) is 13.1 Å². The summed E-state index contributed by atoms with van der Waals surface area (Å²) < 4.78 is 0.686. The highest BCUT2D eigenvalue weighted by Gasteiger charge is 2.50. The van der Waals surface area contributed by atoms with Gasteiger partial charge in [-0.2, -0.15) is 9.47 Å². The van der Waals surface area contributed by atoms with E-state index < -0.39 is 18.0 Å². The Labute approximate surface area is 134 Å². The molecular weight excluding hydrogens is 300 g/mol. The van der Waals surface area contributed by atoms with Gasteiger partial charge in [0.25, 0.3) is 11.7 Å². The van der Waals surface area contributed by atoms with Crippen LogP contribution in [0, 0.1) is 0 Å². The molecule has 8 heteroatoms. The SMILES string of the molecule is CCCCC[N+]1(CCCC)C(=O)NC(=O)c2c1ncn2C(=O)O. The fraction of sp³-hybridized carbons (Fsp3) is 0.600. The molecule has 1 atom stereocenters. The number of unbranched alkanes of at least 4 members (excludes halogenated alkanes) is 3. The number of amides is 3.